The molecule has 6 heteroatoms. The third kappa shape index (κ3) is 4.28. The maximum Gasteiger partial charge on any atom is 0.310 e. The molecule has 6 nitrogen and oxygen atoms in total. The first-order chi connectivity index (χ1) is 20.1. The molecule has 1 unspecified atom stereocenters. The molecule has 0 bridgehead atoms. The Balaban J connectivity index is 1.36. The molecule has 0 heterocycles. The predicted molar refractivity (Wildman–Crippen MR) is 166 cm³/mol. The summed E-state index contributed by atoms with van der Waals surface area (Å²) in [5.41, 5.74) is 0.274. The zero-order chi connectivity index (χ0) is 31.2. The SMILES string of the molecule is CC1=CC[C@]2(C(=O)O)CC[C@]3(C)[C@@H]([C@@H]2[C@H]1C)[C@@H](O)C[C@@H]1[C@@]2(C)C(OCOc4ccc(O)cc4)CCC(C)(C)[C@@H]2CC[C@]13C. The van der Waals surface area contributed by atoms with Crippen molar-refractivity contribution in [3.8, 4) is 11.5 Å². The molecule has 11 atom stereocenters. The number of fused-ring (bicyclic) bond motifs is 7. The lowest BCUT2D eigenvalue weighted by molar-refractivity contribution is -0.293. The molecule has 3 N–H and O–H groups in total. The summed E-state index contributed by atoms with van der Waals surface area (Å²) >= 11 is 0. The first-order valence-corrected chi connectivity index (χ1v) is 16.7. The van der Waals surface area contributed by atoms with E-state index in [0.29, 0.717) is 30.9 Å². The van der Waals surface area contributed by atoms with Crippen LogP contribution in [0.25, 0.3) is 0 Å². The van der Waals surface area contributed by atoms with Gasteiger partial charge in [0.05, 0.1) is 17.6 Å². The van der Waals surface area contributed by atoms with E-state index in [1.54, 1.807) is 24.3 Å². The fourth-order valence-electron chi connectivity index (χ4n) is 12.2. The van der Waals surface area contributed by atoms with Crippen LogP contribution < -0.4 is 4.74 Å². The van der Waals surface area contributed by atoms with Gasteiger partial charge in [0.25, 0.3) is 0 Å². The average molecular weight is 595 g/mol. The minimum absolute atomic E-state index is 0.0000906. The Labute approximate surface area is 258 Å². The van der Waals surface area contributed by atoms with Crippen molar-refractivity contribution in [2.24, 2.45) is 56.7 Å². The Hall–Kier alpha value is -2.05. The molecule has 0 amide bonds. The number of hydrogen-bond donors (Lipinski definition) is 3. The number of ether oxygens (including phenoxy) is 2. The number of carboxylic acid groups (broad SMARTS) is 1. The van der Waals surface area contributed by atoms with Crippen molar-refractivity contribution in [2.45, 2.75) is 112 Å². The number of phenols is 1. The van der Waals surface area contributed by atoms with E-state index in [1.807, 2.05) is 0 Å². The van der Waals surface area contributed by atoms with Gasteiger partial charge in [-0.1, -0.05) is 53.2 Å². The van der Waals surface area contributed by atoms with Crippen LogP contribution in [0.4, 0.5) is 0 Å². The Morgan fingerprint density at radius 2 is 1.63 bits per heavy atom. The van der Waals surface area contributed by atoms with Gasteiger partial charge in [-0.05, 0) is 128 Å². The number of benzene rings is 1. The number of hydrogen-bond acceptors (Lipinski definition) is 5. The molecule has 0 aliphatic heterocycles. The molecule has 0 radical (unpaired) electrons. The van der Waals surface area contributed by atoms with Crippen molar-refractivity contribution in [3.63, 3.8) is 0 Å². The van der Waals surface area contributed by atoms with Crippen LogP contribution in [0.3, 0.4) is 0 Å². The van der Waals surface area contributed by atoms with Gasteiger partial charge < -0.3 is 24.8 Å². The van der Waals surface area contributed by atoms with E-state index >= 15 is 0 Å². The molecule has 4 fully saturated rings. The Morgan fingerprint density at radius 3 is 2.30 bits per heavy atom. The van der Waals surface area contributed by atoms with Crippen LogP contribution >= 0.6 is 0 Å². The minimum atomic E-state index is -0.793. The number of carbonyl (C=O) groups is 1. The van der Waals surface area contributed by atoms with Gasteiger partial charge in [-0.15, -0.1) is 0 Å². The van der Waals surface area contributed by atoms with Crippen molar-refractivity contribution in [1.29, 1.82) is 0 Å². The summed E-state index contributed by atoms with van der Waals surface area (Å²) < 4.78 is 12.7. The lowest BCUT2D eigenvalue weighted by atomic mass is 9.31. The lowest BCUT2D eigenvalue weighted by Gasteiger charge is -2.74. The van der Waals surface area contributed by atoms with Gasteiger partial charge in [-0.3, -0.25) is 4.79 Å². The van der Waals surface area contributed by atoms with Gasteiger partial charge in [0.2, 0.25) is 0 Å². The standard InChI is InChI=1S/C37H54O6/c1-22-12-17-37(32(40)41)19-18-35(6)31(30(37)23(22)2)26(39)20-28-34(35,5)16-13-27-33(3,4)15-14-29(36(27,28)7)43-21-42-25-10-8-24(38)9-11-25/h8-12,23,26-31,38-39H,13-21H2,1-7H3,(H,40,41)/t23-,26-,27-,28-,29?,30-,31+,34+,35+,36-,37-/m0/s1. The smallest absolute Gasteiger partial charge is 0.310 e. The quantitative estimate of drug-likeness (QED) is 0.238. The molecule has 238 valence electrons. The molecule has 0 aromatic heterocycles. The summed E-state index contributed by atoms with van der Waals surface area (Å²) in [4.78, 5) is 13.0. The van der Waals surface area contributed by atoms with Gasteiger partial charge in [-0.2, -0.15) is 0 Å². The molecule has 0 saturated heterocycles. The Morgan fingerprint density at radius 1 is 0.930 bits per heavy atom. The van der Waals surface area contributed by atoms with Crippen LogP contribution in [0.1, 0.15) is 99.8 Å². The van der Waals surface area contributed by atoms with Crippen molar-refractivity contribution in [3.05, 3.63) is 35.9 Å². The molecular formula is C37H54O6. The largest absolute Gasteiger partial charge is 0.508 e. The zero-order valence-corrected chi connectivity index (χ0v) is 27.4. The number of carboxylic acids is 1. The Kier molecular flexibility index (Phi) is 7.37. The first kappa shape index (κ1) is 31.0. The third-order valence-corrected chi connectivity index (χ3v) is 14.8. The summed E-state index contributed by atoms with van der Waals surface area (Å²) in [5.74, 6) is 0.924. The van der Waals surface area contributed by atoms with Crippen LogP contribution in [-0.2, 0) is 9.53 Å². The highest BCUT2D eigenvalue weighted by atomic mass is 16.7. The summed E-state index contributed by atoms with van der Waals surface area (Å²) in [7, 11) is 0. The fourth-order valence-corrected chi connectivity index (χ4v) is 12.2. The van der Waals surface area contributed by atoms with E-state index in [4.69, 9.17) is 9.47 Å². The van der Waals surface area contributed by atoms with Gasteiger partial charge >= 0.3 is 5.97 Å². The van der Waals surface area contributed by atoms with E-state index in [0.717, 1.165) is 32.1 Å². The molecule has 4 saturated carbocycles. The first-order valence-electron chi connectivity index (χ1n) is 16.7. The predicted octanol–water partition coefficient (Wildman–Crippen LogP) is 7.83. The van der Waals surface area contributed by atoms with Crippen LogP contribution in [-0.4, -0.2) is 40.3 Å². The van der Waals surface area contributed by atoms with Crippen molar-refractivity contribution >= 4 is 5.97 Å². The van der Waals surface area contributed by atoms with E-state index in [-0.39, 0.29) is 64.0 Å². The second-order valence-electron chi connectivity index (χ2n) is 16.5. The topological polar surface area (TPSA) is 96.2 Å². The van der Waals surface area contributed by atoms with Gasteiger partial charge in [0.15, 0.2) is 6.79 Å². The molecule has 1 aromatic carbocycles. The second-order valence-corrected chi connectivity index (χ2v) is 16.5. The maximum absolute atomic E-state index is 13.0. The van der Waals surface area contributed by atoms with E-state index in [9.17, 15) is 20.1 Å². The average Bonchev–Trinajstić information content (AvgIpc) is 2.94. The van der Waals surface area contributed by atoms with Crippen molar-refractivity contribution in [2.75, 3.05) is 6.79 Å². The number of rotatable bonds is 5. The molecule has 5 aliphatic carbocycles. The summed E-state index contributed by atoms with van der Waals surface area (Å²) in [6, 6.07) is 6.76. The summed E-state index contributed by atoms with van der Waals surface area (Å²) in [5, 5.41) is 32.7. The van der Waals surface area contributed by atoms with E-state index < -0.39 is 17.5 Å². The number of aliphatic hydroxyl groups excluding tert-OH is 1. The molecule has 5 aliphatic rings. The number of allylic oxidation sites excluding steroid dienone is 2. The lowest BCUT2D eigenvalue weighted by Crippen LogP contribution is -2.71. The van der Waals surface area contributed by atoms with Crippen LogP contribution in [0.15, 0.2) is 35.9 Å². The highest BCUT2D eigenvalue weighted by Gasteiger charge is 2.73. The summed E-state index contributed by atoms with van der Waals surface area (Å²) in [6.45, 7) is 16.7. The number of aliphatic hydroxyl groups is 1. The number of phenolic OH excluding ortho intramolecular Hbond substituents is 1. The van der Waals surface area contributed by atoms with Crippen LogP contribution in [0.2, 0.25) is 0 Å². The molecule has 43 heavy (non-hydrogen) atoms. The van der Waals surface area contributed by atoms with Crippen molar-refractivity contribution < 1.29 is 29.6 Å². The highest BCUT2D eigenvalue weighted by molar-refractivity contribution is 5.76. The zero-order valence-electron chi connectivity index (χ0n) is 27.4. The number of aliphatic carboxylic acids is 1. The highest BCUT2D eigenvalue weighted by Crippen LogP contribution is 2.77. The normalized spacial score (nSPS) is 46.8. The van der Waals surface area contributed by atoms with Gasteiger partial charge in [0, 0.05) is 5.41 Å². The monoisotopic (exact) mass is 594 g/mol. The summed E-state index contributed by atoms with van der Waals surface area (Å²) in [6.07, 6.45) is 8.67. The van der Waals surface area contributed by atoms with E-state index in [1.165, 1.54) is 5.57 Å². The van der Waals surface area contributed by atoms with Crippen LogP contribution in [0.5, 0.6) is 11.5 Å². The second kappa shape index (κ2) is 10.2. The van der Waals surface area contributed by atoms with E-state index in [2.05, 4.69) is 54.5 Å². The Bertz CT molecular complexity index is 1270. The third-order valence-electron chi connectivity index (χ3n) is 14.8. The van der Waals surface area contributed by atoms with Crippen LogP contribution in [0, 0.1) is 56.7 Å². The maximum atomic E-state index is 13.0. The molecule has 6 rings (SSSR count). The van der Waals surface area contributed by atoms with Crippen molar-refractivity contribution in [1.82, 2.24) is 0 Å². The van der Waals surface area contributed by atoms with Gasteiger partial charge in [-0.25, -0.2) is 0 Å². The number of aromatic hydroxyl groups is 1. The fraction of sp³-hybridized carbons (Fsp3) is 0.757. The minimum Gasteiger partial charge on any atom is -0.508 e. The molecule has 0 spiro atoms. The molecule has 1 aromatic rings. The molecular weight excluding hydrogens is 540 g/mol. The van der Waals surface area contributed by atoms with Gasteiger partial charge in [0.1, 0.15) is 11.5 Å².